The van der Waals surface area contributed by atoms with Crippen LogP contribution in [0.25, 0.3) is 0 Å². The Morgan fingerprint density at radius 2 is 1.33 bits per heavy atom. The molecule has 0 saturated heterocycles. The zero-order chi connectivity index (χ0) is 19.0. The zero-order valence-electron chi connectivity index (χ0n) is 15.0. The predicted octanol–water partition coefficient (Wildman–Crippen LogP) is 4.04. The van der Waals surface area contributed by atoms with Crippen molar-refractivity contribution in [2.45, 2.75) is 18.6 Å². The summed E-state index contributed by atoms with van der Waals surface area (Å²) in [5.41, 5.74) is 1.42. The highest BCUT2D eigenvalue weighted by atomic mass is 16.5. The van der Waals surface area contributed by atoms with Gasteiger partial charge in [0.15, 0.2) is 0 Å². The molecule has 2 N–H and O–H groups in total. The fourth-order valence-electron chi connectivity index (χ4n) is 2.94. The third kappa shape index (κ3) is 5.43. The van der Waals surface area contributed by atoms with E-state index in [4.69, 9.17) is 4.74 Å². The first-order valence-corrected chi connectivity index (χ1v) is 8.92. The first kappa shape index (κ1) is 18.7. The van der Waals surface area contributed by atoms with Gasteiger partial charge >= 0.3 is 6.09 Å². The molecule has 4 nitrogen and oxygen atoms in total. The highest BCUT2D eigenvalue weighted by molar-refractivity contribution is 5.67. The van der Waals surface area contributed by atoms with E-state index in [1.165, 1.54) is 0 Å². The molecule has 1 unspecified atom stereocenters. The van der Waals surface area contributed by atoms with Crippen LogP contribution in [0, 0.1) is 0 Å². The lowest BCUT2D eigenvalue weighted by Crippen LogP contribution is -2.42. The molecule has 3 aromatic carbocycles. The number of alkyl carbamates (subject to hydrolysis) is 1. The number of benzene rings is 3. The Morgan fingerprint density at radius 3 is 1.93 bits per heavy atom. The summed E-state index contributed by atoms with van der Waals surface area (Å²) in [5.74, 6) is 0. The van der Waals surface area contributed by atoms with Crippen molar-refractivity contribution in [1.82, 2.24) is 5.32 Å². The minimum Gasteiger partial charge on any atom is -0.445 e. The Balaban J connectivity index is 1.65. The Morgan fingerprint density at radius 1 is 0.815 bits per heavy atom. The molecule has 0 saturated carbocycles. The monoisotopic (exact) mass is 361 g/mol. The summed E-state index contributed by atoms with van der Waals surface area (Å²) < 4.78 is 5.25. The van der Waals surface area contributed by atoms with Crippen molar-refractivity contribution in [3.8, 4) is 0 Å². The van der Waals surface area contributed by atoms with Gasteiger partial charge in [0.1, 0.15) is 12.2 Å². The summed E-state index contributed by atoms with van der Waals surface area (Å²) in [4.78, 5) is 12.1. The van der Waals surface area contributed by atoms with Crippen LogP contribution < -0.4 is 5.32 Å². The van der Waals surface area contributed by atoms with Gasteiger partial charge in [0.25, 0.3) is 0 Å². The second kappa shape index (κ2) is 9.01. The second-order valence-corrected chi connectivity index (χ2v) is 6.48. The van der Waals surface area contributed by atoms with Crippen molar-refractivity contribution in [2.24, 2.45) is 0 Å². The number of hydrogen-bond acceptors (Lipinski definition) is 3. The van der Waals surface area contributed by atoms with Crippen LogP contribution >= 0.6 is 0 Å². The van der Waals surface area contributed by atoms with Crippen molar-refractivity contribution in [3.05, 3.63) is 108 Å². The normalized spacial score (nSPS) is 12.8. The van der Waals surface area contributed by atoms with Crippen molar-refractivity contribution >= 4 is 6.09 Å². The molecule has 0 aliphatic rings. The summed E-state index contributed by atoms with van der Waals surface area (Å²) in [5, 5.41) is 14.0. The van der Waals surface area contributed by atoms with E-state index in [9.17, 15) is 9.90 Å². The number of rotatable bonds is 7. The van der Waals surface area contributed by atoms with Gasteiger partial charge in [0.05, 0.1) is 6.54 Å². The molecule has 3 aromatic rings. The Labute approximate surface area is 159 Å². The van der Waals surface area contributed by atoms with E-state index in [0.29, 0.717) is 6.42 Å². The molecule has 1 atom stereocenters. The molecular weight excluding hydrogens is 338 g/mol. The number of aliphatic hydroxyl groups is 1. The van der Waals surface area contributed by atoms with Crippen LogP contribution in [-0.4, -0.2) is 17.7 Å². The lowest BCUT2D eigenvalue weighted by molar-refractivity contribution is 0.0345. The largest absolute Gasteiger partial charge is 0.445 e. The molecule has 0 heterocycles. The van der Waals surface area contributed by atoms with Crippen LogP contribution in [0.3, 0.4) is 0 Å². The van der Waals surface area contributed by atoms with Crippen molar-refractivity contribution in [2.75, 3.05) is 6.54 Å². The first-order chi connectivity index (χ1) is 13.2. The third-order valence-corrected chi connectivity index (χ3v) is 4.39. The SMILES string of the molecule is O=C(NCC(O)(Cc1ccccc1)c1ccccc1)OCc1ccccc1. The molecule has 0 aliphatic carbocycles. The van der Waals surface area contributed by atoms with Gasteiger partial charge in [-0.3, -0.25) is 0 Å². The minimum atomic E-state index is -1.23. The second-order valence-electron chi connectivity index (χ2n) is 6.48. The van der Waals surface area contributed by atoms with Crippen molar-refractivity contribution in [3.63, 3.8) is 0 Å². The quantitative estimate of drug-likeness (QED) is 0.668. The minimum absolute atomic E-state index is 0.0551. The highest BCUT2D eigenvalue weighted by Gasteiger charge is 2.30. The van der Waals surface area contributed by atoms with Gasteiger partial charge in [-0.2, -0.15) is 0 Å². The van der Waals surface area contributed by atoms with E-state index < -0.39 is 11.7 Å². The zero-order valence-corrected chi connectivity index (χ0v) is 15.0. The molecule has 4 heteroatoms. The lowest BCUT2D eigenvalue weighted by atomic mass is 9.87. The van der Waals surface area contributed by atoms with Gasteiger partial charge in [-0.1, -0.05) is 91.0 Å². The molecule has 0 bridgehead atoms. The van der Waals surface area contributed by atoms with Gasteiger partial charge in [-0.05, 0) is 16.7 Å². The number of hydrogen-bond donors (Lipinski definition) is 2. The average Bonchev–Trinajstić information content (AvgIpc) is 2.73. The highest BCUT2D eigenvalue weighted by Crippen LogP contribution is 2.25. The van der Waals surface area contributed by atoms with Crippen LogP contribution in [0.15, 0.2) is 91.0 Å². The van der Waals surface area contributed by atoms with Gasteiger partial charge in [0.2, 0.25) is 0 Å². The summed E-state index contributed by atoms with van der Waals surface area (Å²) in [7, 11) is 0. The van der Waals surface area contributed by atoms with Crippen molar-refractivity contribution in [1.29, 1.82) is 0 Å². The molecule has 27 heavy (non-hydrogen) atoms. The predicted molar refractivity (Wildman–Crippen MR) is 105 cm³/mol. The third-order valence-electron chi connectivity index (χ3n) is 4.39. The first-order valence-electron chi connectivity index (χ1n) is 8.92. The fraction of sp³-hybridized carbons (Fsp3) is 0.174. The number of ether oxygens (including phenoxy) is 1. The summed E-state index contributed by atoms with van der Waals surface area (Å²) >= 11 is 0. The maximum Gasteiger partial charge on any atom is 0.407 e. The van der Waals surface area contributed by atoms with Gasteiger partial charge < -0.3 is 15.2 Å². The maximum absolute atomic E-state index is 12.1. The Kier molecular flexibility index (Phi) is 6.23. The number of carbonyl (C=O) groups excluding carboxylic acids is 1. The fourth-order valence-corrected chi connectivity index (χ4v) is 2.94. The average molecular weight is 361 g/mol. The van der Waals surface area contributed by atoms with E-state index in [-0.39, 0.29) is 13.2 Å². The summed E-state index contributed by atoms with van der Waals surface area (Å²) in [6, 6.07) is 28.6. The smallest absolute Gasteiger partial charge is 0.407 e. The molecule has 3 rings (SSSR count). The van der Waals surface area contributed by atoms with Crippen LogP contribution in [0.1, 0.15) is 16.7 Å². The van der Waals surface area contributed by atoms with E-state index in [1.54, 1.807) is 0 Å². The Hall–Kier alpha value is -3.11. The molecular formula is C23H23NO3. The van der Waals surface area contributed by atoms with E-state index in [1.807, 2.05) is 91.0 Å². The van der Waals surface area contributed by atoms with Crippen molar-refractivity contribution < 1.29 is 14.6 Å². The molecule has 1 amide bonds. The lowest BCUT2D eigenvalue weighted by Gasteiger charge is -2.29. The summed E-state index contributed by atoms with van der Waals surface area (Å²) in [6.07, 6.45) is -0.169. The molecule has 0 fully saturated rings. The van der Waals surface area contributed by atoms with Crippen LogP contribution in [-0.2, 0) is 23.4 Å². The number of nitrogens with one attached hydrogen (secondary N) is 1. The van der Waals surface area contributed by atoms with Gasteiger partial charge in [-0.15, -0.1) is 0 Å². The molecule has 0 aromatic heterocycles. The van der Waals surface area contributed by atoms with Gasteiger partial charge in [-0.25, -0.2) is 4.79 Å². The molecule has 0 spiro atoms. The molecule has 0 aliphatic heterocycles. The number of carbonyl (C=O) groups is 1. The van der Waals surface area contributed by atoms with Crippen LogP contribution in [0.2, 0.25) is 0 Å². The maximum atomic E-state index is 12.1. The standard InChI is InChI=1S/C23H23NO3/c25-22(27-17-20-12-6-2-7-13-20)24-18-23(26,21-14-8-3-9-15-21)16-19-10-4-1-5-11-19/h1-15,26H,16-18H2,(H,24,25). The Bertz CT molecular complexity index is 837. The summed E-state index contributed by atoms with van der Waals surface area (Å²) in [6.45, 7) is 0.245. The number of amides is 1. The molecule has 0 radical (unpaired) electrons. The van der Waals surface area contributed by atoms with Gasteiger partial charge in [0, 0.05) is 6.42 Å². The van der Waals surface area contributed by atoms with E-state index >= 15 is 0 Å². The van der Waals surface area contributed by atoms with E-state index in [2.05, 4.69) is 5.32 Å². The topological polar surface area (TPSA) is 58.6 Å². The van der Waals surface area contributed by atoms with E-state index in [0.717, 1.165) is 16.7 Å². The van der Waals surface area contributed by atoms with Crippen LogP contribution in [0.5, 0.6) is 0 Å². The van der Waals surface area contributed by atoms with Crippen LogP contribution in [0.4, 0.5) is 4.79 Å². The molecule has 138 valence electrons.